The van der Waals surface area contributed by atoms with E-state index in [1.165, 1.54) is 0 Å². The van der Waals surface area contributed by atoms with Crippen LogP contribution in [-0.2, 0) is 13.1 Å². The largest absolute Gasteiger partial charge is 0.352 e. The van der Waals surface area contributed by atoms with Gasteiger partial charge in [-0.15, -0.1) is 0 Å². The first-order valence-corrected chi connectivity index (χ1v) is 10.3. The van der Waals surface area contributed by atoms with Crippen molar-refractivity contribution in [2.75, 3.05) is 7.05 Å². The Balaban J connectivity index is 1.41. The molecule has 7 heteroatoms. The predicted octanol–water partition coefficient (Wildman–Crippen LogP) is 3.54. The number of guanidine groups is 1. The molecule has 0 aliphatic rings. The highest BCUT2D eigenvalue weighted by Crippen LogP contribution is 2.17. The van der Waals surface area contributed by atoms with Crippen molar-refractivity contribution in [2.24, 2.45) is 4.99 Å². The third-order valence-corrected chi connectivity index (χ3v) is 5.04. The fraction of sp³-hybridized carbons (Fsp3) is 0.208. The van der Waals surface area contributed by atoms with Crippen molar-refractivity contribution in [1.82, 2.24) is 30.2 Å². The van der Waals surface area contributed by atoms with Crippen LogP contribution in [0.5, 0.6) is 0 Å². The van der Waals surface area contributed by atoms with Gasteiger partial charge in [-0.1, -0.05) is 30.3 Å². The molecule has 31 heavy (non-hydrogen) atoms. The van der Waals surface area contributed by atoms with E-state index in [9.17, 15) is 0 Å². The Labute approximate surface area is 182 Å². The Morgan fingerprint density at radius 1 is 0.968 bits per heavy atom. The Hall–Kier alpha value is -3.87. The van der Waals surface area contributed by atoms with Gasteiger partial charge in [0.1, 0.15) is 0 Å². The van der Waals surface area contributed by atoms with Gasteiger partial charge in [0, 0.05) is 38.2 Å². The number of hydrogen-bond donors (Lipinski definition) is 2. The van der Waals surface area contributed by atoms with E-state index in [2.05, 4.69) is 63.1 Å². The van der Waals surface area contributed by atoms with E-state index in [1.807, 2.05) is 52.8 Å². The van der Waals surface area contributed by atoms with E-state index in [1.54, 1.807) is 13.2 Å². The minimum atomic E-state index is 0.640. The molecular formula is C24H27N7. The van der Waals surface area contributed by atoms with E-state index >= 15 is 0 Å². The lowest BCUT2D eigenvalue weighted by Gasteiger charge is -2.15. The van der Waals surface area contributed by atoms with Gasteiger partial charge in [-0.25, -0.2) is 9.36 Å². The van der Waals surface area contributed by atoms with Gasteiger partial charge in [0.25, 0.3) is 0 Å². The fourth-order valence-corrected chi connectivity index (χ4v) is 3.56. The van der Waals surface area contributed by atoms with Crippen LogP contribution in [0.4, 0.5) is 0 Å². The number of para-hydroxylation sites is 1. The second kappa shape index (κ2) is 9.30. The molecule has 0 atom stereocenters. The molecule has 4 aromatic rings. The summed E-state index contributed by atoms with van der Waals surface area (Å²) in [5.41, 5.74) is 6.53. The van der Waals surface area contributed by atoms with E-state index < -0.39 is 0 Å². The number of aromatic nitrogens is 4. The van der Waals surface area contributed by atoms with Crippen LogP contribution in [0, 0.1) is 13.8 Å². The maximum absolute atomic E-state index is 4.63. The summed E-state index contributed by atoms with van der Waals surface area (Å²) in [7, 11) is 1.78. The molecule has 2 aromatic heterocycles. The van der Waals surface area contributed by atoms with Crippen LogP contribution in [-0.4, -0.2) is 32.6 Å². The molecule has 7 nitrogen and oxygen atoms in total. The molecule has 4 rings (SSSR count). The molecule has 0 spiro atoms. The molecule has 2 heterocycles. The van der Waals surface area contributed by atoms with E-state index in [0.717, 1.165) is 39.8 Å². The Morgan fingerprint density at radius 2 is 1.81 bits per heavy atom. The van der Waals surface area contributed by atoms with Crippen LogP contribution in [0.3, 0.4) is 0 Å². The normalized spacial score (nSPS) is 11.5. The third kappa shape index (κ3) is 4.83. The minimum absolute atomic E-state index is 0.640. The first-order valence-electron chi connectivity index (χ1n) is 10.3. The van der Waals surface area contributed by atoms with Crippen molar-refractivity contribution in [1.29, 1.82) is 0 Å². The standard InChI is InChI=1S/C24H27N7/c1-18-14-19(2)31(29-18)23-11-5-4-9-21(23)17-27-24(25-3)26-16-20-8-6-10-22(15-20)30-13-7-12-28-30/h4-15H,16-17H2,1-3H3,(H2,25,26,27). The van der Waals surface area contributed by atoms with Crippen LogP contribution in [0.15, 0.2) is 78.0 Å². The van der Waals surface area contributed by atoms with Gasteiger partial charge in [-0.05, 0) is 55.3 Å². The molecular weight excluding hydrogens is 386 g/mol. The summed E-state index contributed by atoms with van der Waals surface area (Å²) in [5, 5.41) is 15.7. The summed E-state index contributed by atoms with van der Waals surface area (Å²) in [6, 6.07) is 20.6. The van der Waals surface area contributed by atoms with Gasteiger partial charge in [-0.3, -0.25) is 4.99 Å². The highest BCUT2D eigenvalue weighted by atomic mass is 15.3. The van der Waals surface area contributed by atoms with Crippen LogP contribution >= 0.6 is 0 Å². The number of nitrogens with zero attached hydrogens (tertiary/aromatic N) is 5. The molecule has 0 unspecified atom stereocenters. The average molecular weight is 414 g/mol. The van der Waals surface area contributed by atoms with Gasteiger partial charge in [0.05, 0.1) is 17.1 Å². The summed E-state index contributed by atoms with van der Waals surface area (Å²) in [4.78, 5) is 4.37. The second-order valence-corrected chi connectivity index (χ2v) is 7.37. The molecule has 0 saturated heterocycles. The Bertz CT molecular complexity index is 1170. The van der Waals surface area contributed by atoms with Crippen LogP contribution in [0.25, 0.3) is 11.4 Å². The molecule has 0 amide bonds. The zero-order valence-electron chi connectivity index (χ0n) is 18.1. The third-order valence-electron chi connectivity index (χ3n) is 5.04. The van der Waals surface area contributed by atoms with E-state index in [-0.39, 0.29) is 0 Å². The predicted molar refractivity (Wildman–Crippen MR) is 124 cm³/mol. The van der Waals surface area contributed by atoms with Crippen LogP contribution in [0.1, 0.15) is 22.5 Å². The van der Waals surface area contributed by atoms with Crippen LogP contribution in [0.2, 0.25) is 0 Å². The van der Waals surface area contributed by atoms with E-state index in [0.29, 0.717) is 13.1 Å². The van der Waals surface area contributed by atoms with Crippen molar-refractivity contribution in [2.45, 2.75) is 26.9 Å². The lowest BCUT2D eigenvalue weighted by atomic mass is 10.1. The maximum Gasteiger partial charge on any atom is 0.191 e. The Morgan fingerprint density at radius 3 is 2.55 bits per heavy atom. The molecule has 2 aromatic carbocycles. The lowest BCUT2D eigenvalue weighted by molar-refractivity contribution is 0.780. The van der Waals surface area contributed by atoms with Crippen molar-refractivity contribution < 1.29 is 0 Å². The monoisotopic (exact) mass is 413 g/mol. The number of aliphatic imine (C=N–C) groups is 1. The molecule has 0 fully saturated rings. The summed E-state index contributed by atoms with van der Waals surface area (Å²) < 4.78 is 3.84. The van der Waals surface area contributed by atoms with Crippen LogP contribution < -0.4 is 10.6 Å². The molecule has 2 N–H and O–H groups in total. The summed E-state index contributed by atoms with van der Waals surface area (Å²) in [6.07, 6.45) is 3.72. The van der Waals surface area contributed by atoms with E-state index in [4.69, 9.17) is 0 Å². The Kier molecular flexibility index (Phi) is 6.12. The quantitative estimate of drug-likeness (QED) is 0.375. The summed E-state index contributed by atoms with van der Waals surface area (Å²) >= 11 is 0. The smallest absolute Gasteiger partial charge is 0.191 e. The molecule has 0 saturated carbocycles. The topological polar surface area (TPSA) is 72.1 Å². The van der Waals surface area contributed by atoms with Crippen molar-refractivity contribution in [3.8, 4) is 11.4 Å². The fourth-order valence-electron chi connectivity index (χ4n) is 3.56. The molecule has 0 radical (unpaired) electrons. The van der Waals surface area contributed by atoms with Crippen molar-refractivity contribution >= 4 is 5.96 Å². The summed E-state index contributed by atoms with van der Waals surface area (Å²) in [5.74, 6) is 0.743. The number of hydrogen-bond acceptors (Lipinski definition) is 3. The molecule has 0 bridgehead atoms. The first-order chi connectivity index (χ1) is 15.1. The molecule has 158 valence electrons. The number of nitrogens with one attached hydrogen (secondary N) is 2. The first kappa shape index (κ1) is 20.4. The number of benzene rings is 2. The average Bonchev–Trinajstić information content (AvgIpc) is 3.44. The van der Waals surface area contributed by atoms with Gasteiger partial charge in [0.2, 0.25) is 0 Å². The van der Waals surface area contributed by atoms with Gasteiger partial charge >= 0.3 is 0 Å². The van der Waals surface area contributed by atoms with Gasteiger partial charge in [0.15, 0.2) is 5.96 Å². The van der Waals surface area contributed by atoms with Crippen molar-refractivity contribution in [3.63, 3.8) is 0 Å². The summed E-state index contributed by atoms with van der Waals surface area (Å²) in [6.45, 7) is 5.38. The number of rotatable bonds is 6. The van der Waals surface area contributed by atoms with Gasteiger partial charge < -0.3 is 10.6 Å². The SMILES string of the molecule is CN=C(NCc1cccc(-n2cccn2)c1)NCc1ccccc1-n1nc(C)cc1C. The molecule has 0 aliphatic carbocycles. The van der Waals surface area contributed by atoms with Gasteiger partial charge in [-0.2, -0.15) is 10.2 Å². The zero-order chi connectivity index (χ0) is 21.6. The molecule has 0 aliphatic heterocycles. The lowest BCUT2D eigenvalue weighted by Crippen LogP contribution is -2.36. The minimum Gasteiger partial charge on any atom is -0.352 e. The highest BCUT2D eigenvalue weighted by molar-refractivity contribution is 5.79. The second-order valence-electron chi connectivity index (χ2n) is 7.37. The number of aryl methyl sites for hydroxylation is 2. The van der Waals surface area contributed by atoms with Crippen molar-refractivity contribution in [3.05, 3.63) is 95.6 Å². The maximum atomic E-state index is 4.63. The highest BCUT2D eigenvalue weighted by Gasteiger charge is 2.09. The zero-order valence-corrected chi connectivity index (χ0v) is 18.1.